The summed E-state index contributed by atoms with van der Waals surface area (Å²) >= 11 is 0. The molecule has 5 nitrogen and oxygen atoms in total. The molecule has 1 unspecified atom stereocenters. The predicted octanol–water partition coefficient (Wildman–Crippen LogP) is 6.23. The molecule has 5 heteroatoms. The Kier molecular flexibility index (Phi) is 6.67. The van der Waals surface area contributed by atoms with Crippen molar-refractivity contribution in [2.75, 3.05) is 13.7 Å². The van der Waals surface area contributed by atoms with Crippen LogP contribution in [-0.4, -0.2) is 36.0 Å². The molecular formula is C31H44O5. The standard InChI is InChI=1S/C31H44O5/c1-6-35-31(21(2)32)16-14-27-25-12-9-23-19-30(33,36-20-22-7-10-24(34-5)11-8-22)18-17-28(23,3)26(25)13-15-29(27,31)4/h7-11,25-27,33H,6,12-20H2,1-5H3/t25-,26+,27+,28+,29+,30?,31+/m1/s1. The number of allylic oxidation sites excluding steroid dienone is 1. The Morgan fingerprint density at radius 1 is 1.03 bits per heavy atom. The number of Topliss-reactive ketones (excluding diaryl/α,β-unsaturated/α-hetero) is 1. The Hall–Kier alpha value is -1.69. The fourth-order valence-corrected chi connectivity index (χ4v) is 8.84. The monoisotopic (exact) mass is 496 g/mol. The van der Waals surface area contributed by atoms with E-state index in [0.717, 1.165) is 49.8 Å². The molecule has 0 saturated heterocycles. The number of fused-ring (bicyclic) bond motifs is 5. The van der Waals surface area contributed by atoms with Gasteiger partial charge in [-0.3, -0.25) is 4.79 Å². The summed E-state index contributed by atoms with van der Waals surface area (Å²) < 4.78 is 17.7. The minimum atomic E-state index is -1.12. The highest BCUT2D eigenvalue weighted by atomic mass is 16.6. The zero-order valence-electron chi connectivity index (χ0n) is 22.8. The van der Waals surface area contributed by atoms with E-state index in [1.54, 1.807) is 14.0 Å². The topological polar surface area (TPSA) is 65.0 Å². The van der Waals surface area contributed by atoms with Gasteiger partial charge in [-0.1, -0.05) is 37.6 Å². The Morgan fingerprint density at radius 2 is 1.75 bits per heavy atom. The van der Waals surface area contributed by atoms with Crippen LogP contribution >= 0.6 is 0 Å². The van der Waals surface area contributed by atoms with Gasteiger partial charge in [0.1, 0.15) is 11.4 Å². The molecule has 1 N–H and O–H groups in total. The van der Waals surface area contributed by atoms with Gasteiger partial charge in [-0.15, -0.1) is 0 Å². The second-order valence-corrected chi connectivity index (χ2v) is 12.3. The Morgan fingerprint density at radius 3 is 2.42 bits per heavy atom. The average Bonchev–Trinajstić information content (AvgIpc) is 3.17. The number of carbonyl (C=O) groups is 1. The lowest BCUT2D eigenvalue weighted by Gasteiger charge is -2.60. The zero-order chi connectivity index (χ0) is 25.8. The summed E-state index contributed by atoms with van der Waals surface area (Å²) in [6.45, 7) is 9.50. The van der Waals surface area contributed by atoms with Crippen LogP contribution in [0.5, 0.6) is 5.75 Å². The van der Waals surface area contributed by atoms with Crippen molar-refractivity contribution < 1.29 is 24.1 Å². The number of benzene rings is 1. The predicted molar refractivity (Wildman–Crippen MR) is 139 cm³/mol. The lowest BCUT2D eigenvalue weighted by Crippen LogP contribution is -2.58. The van der Waals surface area contributed by atoms with Crippen molar-refractivity contribution in [3.8, 4) is 5.75 Å². The highest BCUT2D eigenvalue weighted by Gasteiger charge is 2.66. The van der Waals surface area contributed by atoms with Gasteiger partial charge in [0.05, 0.1) is 13.7 Å². The Balaban J connectivity index is 1.33. The van der Waals surface area contributed by atoms with E-state index >= 15 is 0 Å². The third-order valence-electron chi connectivity index (χ3n) is 10.9. The van der Waals surface area contributed by atoms with Gasteiger partial charge >= 0.3 is 0 Å². The number of aliphatic hydroxyl groups is 1. The maximum absolute atomic E-state index is 13.0. The van der Waals surface area contributed by atoms with Crippen LogP contribution in [0.3, 0.4) is 0 Å². The van der Waals surface area contributed by atoms with E-state index in [2.05, 4.69) is 19.9 Å². The number of hydrogen-bond acceptors (Lipinski definition) is 5. The summed E-state index contributed by atoms with van der Waals surface area (Å²) in [7, 11) is 1.66. The summed E-state index contributed by atoms with van der Waals surface area (Å²) in [5.41, 5.74) is 1.79. The van der Waals surface area contributed by atoms with Crippen LogP contribution in [0.2, 0.25) is 0 Å². The van der Waals surface area contributed by atoms with Crippen LogP contribution in [0, 0.1) is 28.6 Å². The summed E-state index contributed by atoms with van der Waals surface area (Å²) in [5, 5.41) is 11.4. The number of rotatable bonds is 7. The summed E-state index contributed by atoms with van der Waals surface area (Å²) in [6.07, 6.45) is 9.72. The van der Waals surface area contributed by atoms with Gasteiger partial charge in [-0.25, -0.2) is 0 Å². The smallest absolute Gasteiger partial charge is 0.169 e. The molecule has 0 aliphatic heterocycles. The SMILES string of the molecule is CCO[C@]1(C(C)=O)CC[C@H]2[C@@H]3CC=C4CC(O)(OCc5ccc(OC)cc5)CC[C@]4(C)[C@H]3CC[C@@]21C. The van der Waals surface area contributed by atoms with Gasteiger partial charge < -0.3 is 19.3 Å². The minimum Gasteiger partial charge on any atom is -0.497 e. The first kappa shape index (κ1) is 25.9. The second-order valence-electron chi connectivity index (χ2n) is 12.3. The first-order valence-corrected chi connectivity index (χ1v) is 13.9. The van der Waals surface area contributed by atoms with Crippen molar-refractivity contribution >= 4 is 5.78 Å². The third kappa shape index (κ3) is 3.88. The van der Waals surface area contributed by atoms with Crippen LogP contribution < -0.4 is 4.74 Å². The molecule has 1 aromatic rings. The molecule has 0 spiro atoms. The largest absolute Gasteiger partial charge is 0.497 e. The van der Waals surface area contributed by atoms with E-state index in [9.17, 15) is 9.90 Å². The second kappa shape index (κ2) is 9.25. The highest BCUT2D eigenvalue weighted by Crippen LogP contribution is 2.68. The molecule has 0 bridgehead atoms. The quantitative estimate of drug-likeness (QED) is 0.358. The summed E-state index contributed by atoms with van der Waals surface area (Å²) in [5.74, 6) is 1.58. The molecule has 5 rings (SSSR count). The lowest BCUT2D eigenvalue weighted by molar-refractivity contribution is -0.232. The molecule has 1 aromatic carbocycles. The lowest BCUT2D eigenvalue weighted by atomic mass is 9.46. The van der Waals surface area contributed by atoms with Crippen LogP contribution in [0.4, 0.5) is 0 Å². The molecule has 4 aliphatic rings. The fraction of sp³-hybridized carbons (Fsp3) is 0.710. The molecule has 3 fully saturated rings. The molecule has 0 amide bonds. The first-order valence-electron chi connectivity index (χ1n) is 13.9. The highest BCUT2D eigenvalue weighted by molar-refractivity contribution is 5.86. The normalized spacial score (nSPS) is 41.6. The molecule has 7 atom stereocenters. The van der Waals surface area contributed by atoms with Crippen LogP contribution in [0.15, 0.2) is 35.9 Å². The average molecular weight is 497 g/mol. The van der Waals surface area contributed by atoms with Gasteiger partial charge in [-0.2, -0.15) is 0 Å². The van der Waals surface area contributed by atoms with Crippen LogP contribution in [0.25, 0.3) is 0 Å². The van der Waals surface area contributed by atoms with Crippen molar-refractivity contribution in [3.63, 3.8) is 0 Å². The number of hydrogen-bond donors (Lipinski definition) is 1. The van der Waals surface area contributed by atoms with E-state index < -0.39 is 11.4 Å². The third-order valence-corrected chi connectivity index (χ3v) is 10.9. The van der Waals surface area contributed by atoms with E-state index in [1.807, 2.05) is 31.2 Å². The van der Waals surface area contributed by atoms with Crippen molar-refractivity contribution in [2.24, 2.45) is 28.6 Å². The zero-order valence-corrected chi connectivity index (χ0v) is 22.8. The van der Waals surface area contributed by atoms with Crippen molar-refractivity contribution in [1.82, 2.24) is 0 Å². The van der Waals surface area contributed by atoms with Gasteiger partial charge in [0.25, 0.3) is 0 Å². The van der Waals surface area contributed by atoms with Gasteiger partial charge in [0, 0.05) is 24.9 Å². The van der Waals surface area contributed by atoms with Crippen molar-refractivity contribution in [2.45, 2.75) is 97.1 Å². The maximum Gasteiger partial charge on any atom is 0.169 e. The van der Waals surface area contributed by atoms with Gasteiger partial charge in [0.15, 0.2) is 11.6 Å². The number of methoxy groups -OCH3 is 1. The van der Waals surface area contributed by atoms with E-state index in [1.165, 1.54) is 5.57 Å². The molecule has 0 radical (unpaired) electrons. The van der Waals surface area contributed by atoms with Crippen LogP contribution in [0.1, 0.15) is 84.6 Å². The number of ketones is 1. The molecule has 36 heavy (non-hydrogen) atoms. The first-order chi connectivity index (χ1) is 17.1. The van der Waals surface area contributed by atoms with Gasteiger partial charge in [0.2, 0.25) is 0 Å². The van der Waals surface area contributed by atoms with E-state index in [-0.39, 0.29) is 16.6 Å². The maximum atomic E-state index is 13.0. The van der Waals surface area contributed by atoms with E-state index in [0.29, 0.717) is 43.8 Å². The van der Waals surface area contributed by atoms with Crippen molar-refractivity contribution in [3.05, 3.63) is 41.5 Å². The molecular weight excluding hydrogens is 452 g/mol. The Labute approximate surface area is 216 Å². The number of carbonyl (C=O) groups excluding carboxylic acids is 1. The van der Waals surface area contributed by atoms with Crippen LogP contribution in [-0.2, 0) is 20.9 Å². The van der Waals surface area contributed by atoms with E-state index in [4.69, 9.17) is 14.2 Å². The number of ether oxygens (including phenoxy) is 3. The molecule has 4 aliphatic carbocycles. The van der Waals surface area contributed by atoms with Crippen molar-refractivity contribution in [1.29, 1.82) is 0 Å². The summed E-state index contributed by atoms with van der Waals surface area (Å²) in [6, 6.07) is 7.83. The minimum absolute atomic E-state index is 0.0887. The molecule has 198 valence electrons. The molecule has 3 saturated carbocycles. The van der Waals surface area contributed by atoms with Gasteiger partial charge in [-0.05, 0) is 93.2 Å². The molecule has 0 aromatic heterocycles. The Bertz CT molecular complexity index is 1020. The fourth-order valence-electron chi connectivity index (χ4n) is 8.84. The molecule has 0 heterocycles. The summed E-state index contributed by atoms with van der Waals surface area (Å²) in [4.78, 5) is 13.0.